The van der Waals surface area contributed by atoms with Crippen LogP contribution in [0.2, 0.25) is 0 Å². The fraction of sp³-hybridized carbons (Fsp3) is 0.0192. The summed E-state index contributed by atoms with van der Waals surface area (Å²) in [6.45, 7) is 1.25. The summed E-state index contributed by atoms with van der Waals surface area (Å²) in [5.41, 5.74) is -8.73. The third kappa shape index (κ3) is 5.59. The maximum absolute atomic E-state index is 10.0. The molecular weight excluding hydrogens is 695 g/mol. The van der Waals surface area contributed by atoms with Crippen LogP contribution in [0.15, 0.2) is 193 Å². The van der Waals surface area contributed by atoms with Crippen LogP contribution in [0.5, 0.6) is 0 Å². The van der Waals surface area contributed by atoms with E-state index in [-0.39, 0.29) is 5.56 Å². The molecule has 0 spiro atoms. The molecule has 0 fully saturated rings. The van der Waals surface area contributed by atoms with Crippen LogP contribution >= 0.6 is 0 Å². The van der Waals surface area contributed by atoms with Crippen molar-refractivity contribution in [3.05, 3.63) is 199 Å². The first-order valence-corrected chi connectivity index (χ1v) is 16.7. The number of hydrogen-bond acceptors (Lipinski definition) is 3. The lowest BCUT2D eigenvalue weighted by Gasteiger charge is -2.12. The molecule has 5 nitrogen and oxygen atoms in total. The molecule has 0 saturated heterocycles. The summed E-state index contributed by atoms with van der Waals surface area (Å²) in [5, 5.41) is -2.37. The molecule has 3 heterocycles. The van der Waals surface area contributed by atoms with Crippen molar-refractivity contribution in [2.24, 2.45) is 0 Å². The summed E-state index contributed by atoms with van der Waals surface area (Å²) in [6.07, 6.45) is 0. The Balaban J connectivity index is 1.32. The predicted molar refractivity (Wildman–Crippen MR) is 235 cm³/mol. The van der Waals surface area contributed by atoms with Crippen LogP contribution in [-0.4, -0.2) is 24.1 Å². The van der Waals surface area contributed by atoms with Gasteiger partial charge in [-0.25, -0.2) is 15.0 Å². The zero-order valence-corrected chi connectivity index (χ0v) is 28.7. The fourth-order valence-electron chi connectivity index (χ4n) is 6.26. The lowest BCUT2D eigenvalue weighted by atomic mass is 10.0. The van der Waals surface area contributed by atoms with Gasteiger partial charge < -0.3 is 9.13 Å². The zero-order chi connectivity index (χ0) is 65.7. The van der Waals surface area contributed by atoms with Crippen LogP contribution in [0.4, 0.5) is 0 Å². The average Bonchev–Trinajstić information content (AvgIpc) is 1.56. The summed E-state index contributed by atoms with van der Waals surface area (Å²) >= 11 is 0. The molecule has 0 aliphatic carbocycles. The second kappa shape index (κ2) is 13.3. The van der Waals surface area contributed by atoms with Gasteiger partial charge in [0, 0.05) is 49.6 Å². The highest BCUT2D eigenvalue weighted by molar-refractivity contribution is 6.12. The molecular formula is C52H35N5. The van der Waals surface area contributed by atoms with Gasteiger partial charge >= 0.3 is 0 Å². The molecule has 0 unspecified atom stereocenters. The van der Waals surface area contributed by atoms with Crippen LogP contribution in [0.3, 0.4) is 0 Å². The summed E-state index contributed by atoms with van der Waals surface area (Å²) in [6, 6.07) is -30.0. The number of hydrogen-bond donors (Lipinski definition) is 0. The van der Waals surface area contributed by atoms with E-state index < -0.39 is 294 Å². The third-order valence-electron chi connectivity index (χ3n) is 8.67. The summed E-state index contributed by atoms with van der Waals surface area (Å²) < 4.78 is 290. The molecule has 0 amide bonds. The van der Waals surface area contributed by atoms with E-state index >= 15 is 0 Å². The molecule has 0 radical (unpaired) electrons. The van der Waals surface area contributed by atoms with Gasteiger partial charge in [0.25, 0.3) is 0 Å². The van der Waals surface area contributed by atoms with Gasteiger partial charge in [0.15, 0.2) is 17.5 Å². The third-order valence-corrected chi connectivity index (χ3v) is 8.67. The molecule has 268 valence electrons. The van der Waals surface area contributed by atoms with E-state index in [4.69, 9.17) is 30.2 Å². The predicted octanol–water partition coefficient (Wildman–Crippen LogP) is 13.0. The van der Waals surface area contributed by atoms with E-state index in [2.05, 4.69) is 15.0 Å². The van der Waals surface area contributed by atoms with Crippen LogP contribution in [-0.2, 0) is 0 Å². The van der Waals surface area contributed by atoms with Gasteiger partial charge in [-0.2, -0.15) is 0 Å². The Morgan fingerprint density at radius 1 is 0.333 bits per heavy atom. The van der Waals surface area contributed by atoms with E-state index in [1.54, 1.807) is 0 Å². The largest absolute Gasteiger partial charge is 0.309 e. The average molecular weight is 762 g/mol. The lowest BCUT2D eigenvalue weighted by molar-refractivity contribution is 1.07. The highest BCUT2D eigenvalue weighted by atomic mass is 15.0. The second-order valence-electron chi connectivity index (χ2n) is 12.1. The minimum atomic E-state index is -1.16. The minimum absolute atomic E-state index is 0.186. The first-order chi connectivity index (χ1) is 41.5. The van der Waals surface area contributed by atoms with Crippen LogP contribution < -0.4 is 0 Å². The molecule has 0 bridgehead atoms. The van der Waals surface area contributed by atoms with Crippen molar-refractivity contribution in [1.82, 2.24) is 24.1 Å². The molecule has 5 heteroatoms. The molecule has 0 saturated carbocycles. The summed E-state index contributed by atoms with van der Waals surface area (Å²) in [4.78, 5) is 13.0. The first kappa shape index (κ1) is 13.8. The van der Waals surface area contributed by atoms with Gasteiger partial charge in [0.05, 0.1) is 65.9 Å². The van der Waals surface area contributed by atoms with Crippen molar-refractivity contribution in [2.45, 2.75) is 6.92 Å². The van der Waals surface area contributed by atoms with E-state index in [0.29, 0.717) is 4.57 Å². The Morgan fingerprint density at radius 2 is 0.772 bits per heavy atom. The summed E-state index contributed by atoms with van der Waals surface area (Å²) in [5.74, 6) is -2.89. The number of nitrogens with zero attached hydrogens (tertiary/aromatic N) is 5. The molecule has 3 aromatic heterocycles. The van der Waals surface area contributed by atoms with Crippen molar-refractivity contribution >= 4 is 43.6 Å². The van der Waals surface area contributed by atoms with Gasteiger partial charge in [-0.15, -0.1) is 0 Å². The summed E-state index contributed by atoms with van der Waals surface area (Å²) in [7, 11) is 0. The van der Waals surface area contributed by atoms with Crippen molar-refractivity contribution in [1.29, 1.82) is 0 Å². The number of aromatic nitrogens is 5. The molecule has 57 heavy (non-hydrogen) atoms. The van der Waals surface area contributed by atoms with Gasteiger partial charge in [-0.1, -0.05) is 145 Å². The standard InChI is InChI=1S/C52H35N5/c1-34-14-11-17-36(30-34)37-18-12-19-38(31-37)51-53-50(35-15-3-2-4-16-35)54-52(55-51)39-20-13-21-40(32-39)56-48-27-10-7-24-44(48)45-33-41(28-29-49(45)56)57-46-25-8-5-22-42(46)43-23-6-9-26-47(43)57/h2-33H,1H3/i2D,3D,4D,5D,6D,7D,8D,9D,10D,11D,12D,13D,14D,15D,16D,17D,18D,19D,20D,21D,22D,23D,24D,25D,26D,27D,28D,29D,30D,31D,32D,33D. The van der Waals surface area contributed by atoms with E-state index in [1.807, 2.05) is 0 Å². The Hall–Kier alpha value is -7.63. The zero-order valence-electron chi connectivity index (χ0n) is 60.7. The molecule has 11 rings (SSSR count). The first-order valence-electron chi connectivity index (χ1n) is 32.7. The van der Waals surface area contributed by atoms with Crippen LogP contribution in [0.1, 0.15) is 49.4 Å². The quantitative estimate of drug-likeness (QED) is 0.170. The van der Waals surface area contributed by atoms with Crippen LogP contribution in [0, 0.1) is 6.92 Å². The number of rotatable bonds is 6. The van der Waals surface area contributed by atoms with E-state index in [1.165, 1.54) is 6.92 Å². The molecule has 0 N–H and O–H groups in total. The number of benzene rings is 8. The topological polar surface area (TPSA) is 48.5 Å². The van der Waals surface area contributed by atoms with Crippen molar-refractivity contribution in [3.8, 4) is 56.7 Å². The molecule has 0 aliphatic rings. The smallest absolute Gasteiger partial charge is 0.164 e. The van der Waals surface area contributed by atoms with Gasteiger partial charge in [0.1, 0.15) is 0 Å². The molecule has 8 aromatic carbocycles. The van der Waals surface area contributed by atoms with Gasteiger partial charge in [-0.3, -0.25) is 0 Å². The minimum Gasteiger partial charge on any atom is -0.309 e. The maximum Gasteiger partial charge on any atom is 0.164 e. The molecule has 0 atom stereocenters. The Labute approximate surface area is 374 Å². The van der Waals surface area contributed by atoms with E-state index in [9.17, 15) is 13.7 Å². The van der Waals surface area contributed by atoms with Crippen molar-refractivity contribution in [2.75, 3.05) is 0 Å². The number of para-hydroxylation sites is 3. The normalized spacial score (nSPS) is 19.5. The highest BCUT2D eigenvalue weighted by Crippen LogP contribution is 2.38. The van der Waals surface area contributed by atoms with Gasteiger partial charge in [-0.05, 0) is 72.4 Å². The SMILES string of the molecule is [2H]c1c([2H])c([2H])c(-c2nc(-c3c([2H])c([2H])c([2H])c(-c4c([2H])c([2H])c([2H])c(C)c4[2H])c3[2H])nc(-c3c([2H])c([2H])c([2H])c(-n4c5c([2H])c([2H])c([2H])c([2H])c5c5c([2H])c(-n6c7c([2H])c([2H])c([2H])c([2H])c7c7c([2H])c([2H])c([2H])c([2H])c76)c([2H])c([2H])c54)c3[2H])n2)c([2H])c1[2H]. The van der Waals surface area contributed by atoms with Crippen molar-refractivity contribution in [3.63, 3.8) is 0 Å². The fourth-order valence-corrected chi connectivity index (χ4v) is 6.26. The molecule has 0 aliphatic heterocycles. The van der Waals surface area contributed by atoms with E-state index in [0.717, 1.165) is 4.57 Å². The maximum atomic E-state index is 10.0. The van der Waals surface area contributed by atoms with Gasteiger partial charge in [0.2, 0.25) is 0 Å². The monoisotopic (exact) mass is 761 g/mol. The highest BCUT2D eigenvalue weighted by Gasteiger charge is 2.18. The Kier molecular flexibility index (Phi) is 3.23. The second-order valence-corrected chi connectivity index (χ2v) is 12.1. The number of fused-ring (bicyclic) bond motifs is 6. The molecule has 11 aromatic rings. The van der Waals surface area contributed by atoms with Crippen molar-refractivity contribution < 1.29 is 43.9 Å². The lowest BCUT2D eigenvalue weighted by Crippen LogP contribution is -2.01. The Morgan fingerprint density at radius 3 is 1.42 bits per heavy atom. The Bertz CT molecular complexity index is 5050. The van der Waals surface area contributed by atoms with Crippen LogP contribution in [0.25, 0.3) is 100 Å².